The van der Waals surface area contributed by atoms with Crippen LogP contribution in [0.25, 0.3) is 0 Å². The molecule has 1 unspecified atom stereocenters. The number of carbonyl (C=O) groups excluding carboxylic acids is 1. The van der Waals surface area contributed by atoms with Crippen LogP contribution in [0.4, 0.5) is 5.69 Å². The Morgan fingerprint density at radius 2 is 1.85 bits per heavy atom. The van der Waals surface area contributed by atoms with Crippen molar-refractivity contribution >= 4 is 11.6 Å². The smallest absolute Gasteiger partial charge is 0.241 e. The van der Waals surface area contributed by atoms with Crippen molar-refractivity contribution < 1.29 is 9.21 Å². The van der Waals surface area contributed by atoms with Crippen molar-refractivity contribution in [2.75, 3.05) is 5.32 Å². The zero-order valence-electron chi connectivity index (χ0n) is 12.1. The van der Waals surface area contributed by atoms with Crippen LogP contribution in [-0.2, 0) is 11.3 Å². The van der Waals surface area contributed by atoms with E-state index in [1.807, 2.05) is 57.2 Å². The van der Waals surface area contributed by atoms with E-state index in [-0.39, 0.29) is 11.9 Å². The maximum Gasteiger partial charge on any atom is 0.241 e. The minimum absolute atomic E-state index is 0.0582. The molecule has 0 radical (unpaired) electrons. The lowest BCUT2D eigenvalue weighted by Gasteiger charge is -2.13. The van der Waals surface area contributed by atoms with Crippen LogP contribution in [0.2, 0.25) is 0 Å². The van der Waals surface area contributed by atoms with Gasteiger partial charge in [0.25, 0.3) is 0 Å². The molecule has 1 heterocycles. The first-order valence-electron chi connectivity index (χ1n) is 6.71. The number of furan rings is 1. The van der Waals surface area contributed by atoms with Crippen LogP contribution in [0.5, 0.6) is 0 Å². The summed E-state index contributed by atoms with van der Waals surface area (Å²) < 4.78 is 5.45. The molecule has 0 aliphatic heterocycles. The largest absolute Gasteiger partial charge is 0.465 e. The Labute approximate surface area is 119 Å². The molecule has 0 saturated carbocycles. The Morgan fingerprint density at radius 1 is 1.15 bits per heavy atom. The standard InChI is InChI=1S/C16H20N2O2/c1-11-4-7-14(8-5-11)18-16(19)13(3)17-10-15-9-6-12(2)20-15/h4-9,13,17H,10H2,1-3H3,(H,18,19). The first-order valence-corrected chi connectivity index (χ1v) is 6.71. The van der Waals surface area contributed by atoms with Crippen molar-refractivity contribution in [3.8, 4) is 0 Å². The SMILES string of the molecule is Cc1ccc(NC(=O)C(C)NCc2ccc(C)o2)cc1. The molecule has 1 aromatic heterocycles. The minimum atomic E-state index is -0.290. The first-order chi connectivity index (χ1) is 9.54. The topological polar surface area (TPSA) is 54.3 Å². The van der Waals surface area contributed by atoms with E-state index in [0.717, 1.165) is 17.2 Å². The van der Waals surface area contributed by atoms with Crippen molar-refractivity contribution in [1.82, 2.24) is 5.32 Å². The number of amides is 1. The summed E-state index contributed by atoms with van der Waals surface area (Å²) in [5.41, 5.74) is 1.98. The van der Waals surface area contributed by atoms with Gasteiger partial charge in [0, 0.05) is 5.69 Å². The highest BCUT2D eigenvalue weighted by Gasteiger charge is 2.12. The molecule has 4 heteroatoms. The second-order valence-electron chi connectivity index (χ2n) is 4.97. The van der Waals surface area contributed by atoms with Gasteiger partial charge in [-0.15, -0.1) is 0 Å². The lowest BCUT2D eigenvalue weighted by molar-refractivity contribution is -0.117. The van der Waals surface area contributed by atoms with Crippen molar-refractivity contribution in [1.29, 1.82) is 0 Å². The number of rotatable bonds is 5. The first kappa shape index (κ1) is 14.3. The summed E-state index contributed by atoms with van der Waals surface area (Å²) in [5, 5.41) is 6.02. The van der Waals surface area contributed by atoms with Gasteiger partial charge in [0.05, 0.1) is 12.6 Å². The average molecular weight is 272 g/mol. The molecule has 1 aromatic carbocycles. The van der Waals surface area contributed by atoms with E-state index in [4.69, 9.17) is 4.42 Å². The molecule has 0 aliphatic carbocycles. The molecule has 2 N–H and O–H groups in total. The summed E-state index contributed by atoms with van der Waals surface area (Å²) in [6.07, 6.45) is 0. The van der Waals surface area contributed by atoms with Crippen LogP contribution in [0.1, 0.15) is 24.0 Å². The molecule has 2 aromatic rings. The van der Waals surface area contributed by atoms with Gasteiger partial charge in [-0.3, -0.25) is 10.1 Å². The highest BCUT2D eigenvalue weighted by atomic mass is 16.3. The minimum Gasteiger partial charge on any atom is -0.465 e. The van der Waals surface area contributed by atoms with E-state index >= 15 is 0 Å². The normalized spacial score (nSPS) is 12.2. The van der Waals surface area contributed by atoms with E-state index in [9.17, 15) is 4.79 Å². The molecule has 0 bridgehead atoms. The Kier molecular flexibility index (Phi) is 4.58. The van der Waals surface area contributed by atoms with Crippen molar-refractivity contribution in [2.45, 2.75) is 33.4 Å². The third-order valence-corrected chi connectivity index (χ3v) is 3.09. The molecule has 106 valence electrons. The van der Waals surface area contributed by atoms with Gasteiger partial charge in [-0.25, -0.2) is 0 Å². The predicted molar refractivity (Wildman–Crippen MR) is 79.6 cm³/mol. The third kappa shape index (κ3) is 3.96. The summed E-state index contributed by atoms with van der Waals surface area (Å²) in [4.78, 5) is 12.0. The third-order valence-electron chi connectivity index (χ3n) is 3.09. The second kappa shape index (κ2) is 6.39. The van der Waals surface area contributed by atoms with Crippen LogP contribution >= 0.6 is 0 Å². The molecule has 1 atom stereocenters. The highest BCUT2D eigenvalue weighted by Crippen LogP contribution is 2.09. The van der Waals surface area contributed by atoms with Crippen LogP contribution in [0.15, 0.2) is 40.8 Å². The van der Waals surface area contributed by atoms with E-state index in [1.54, 1.807) is 0 Å². The van der Waals surface area contributed by atoms with Crippen LogP contribution in [0.3, 0.4) is 0 Å². The van der Waals surface area contributed by atoms with Crippen molar-refractivity contribution in [3.63, 3.8) is 0 Å². The number of hydrogen-bond donors (Lipinski definition) is 2. The number of hydrogen-bond acceptors (Lipinski definition) is 3. The summed E-state index contributed by atoms with van der Waals surface area (Å²) in [7, 11) is 0. The van der Waals surface area contributed by atoms with Gasteiger partial charge in [-0.2, -0.15) is 0 Å². The Hall–Kier alpha value is -2.07. The summed E-state index contributed by atoms with van der Waals surface area (Å²) in [5.74, 6) is 1.65. The zero-order valence-corrected chi connectivity index (χ0v) is 12.1. The molecule has 0 aliphatic rings. The van der Waals surface area contributed by atoms with E-state index < -0.39 is 0 Å². The summed E-state index contributed by atoms with van der Waals surface area (Å²) >= 11 is 0. The maximum atomic E-state index is 12.0. The number of aryl methyl sites for hydroxylation is 2. The van der Waals surface area contributed by atoms with Gasteiger partial charge in [-0.05, 0) is 45.0 Å². The van der Waals surface area contributed by atoms with Crippen LogP contribution in [0, 0.1) is 13.8 Å². The fourth-order valence-corrected chi connectivity index (χ4v) is 1.81. The second-order valence-corrected chi connectivity index (χ2v) is 4.97. The lowest BCUT2D eigenvalue weighted by atomic mass is 10.2. The predicted octanol–water partition coefficient (Wildman–Crippen LogP) is 3.01. The van der Waals surface area contributed by atoms with E-state index in [0.29, 0.717) is 6.54 Å². The lowest BCUT2D eigenvalue weighted by Crippen LogP contribution is -2.37. The quantitative estimate of drug-likeness (QED) is 0.879. The Balaban J connectivity index is 1.84. The molecule has 0 spiro atoms. The molecule has 4 nitrogen and oxygen atoms in total. The van der Waals surface area contributed by atoms with Crippen LogP contribution in [-0.4, -0.2) is 11.9 Å². The van der Waals surface area contributed by atoms with Gasteiger partial charge >= 0.3 is 0 Å². The number of benzene rings is 1. The highest BCUT2D eigenvalue weighted by molar-refractivity contribution is 5.94. The molecule has 0 fully saturated rings. The fourth-order valence-electron chi connectivity index (χ4n) is 1.81. The molecular formula is C16H20N2O2. The summed E-state index contributed by atoms with van der Waals surface area (Å²) in [6.45, 7) is 6.29. The molecule has 2 rings (SSSR count). The Bertz CT molecular complexity index is 572. The van der Waals surface area contributed by atoms with Gasteiger partial charge in [0.1, 0.15) is 11.5 Å². The number of anilines is 1. The van der Waals surface area contributed by atoms with E-state index in [1.165, 1.54) is 5.56 Å². The Morgan fingerprint density at radius 3 is 2.45 bits per heavy atom. The van der Waals surface area contributed by atoms with Gasteiger partial charge in [0.15, 0.2) is 0 Å². The maximum absolute atomic E-state index is 12.0. The fraction of sp³-hybridized carbons (Fsp3) is 0.312. The average Bonchev–Trinajstić information content (AvgIpc) is 2.84. The van der Waals surface area contributed by atoms with Gasteiger partial charge in [0.2, 0.25) is 5.91 Å². The van der Waals surface area contributed by atoms with Crippen molar-refractivity contribution in [2.24, 2.45) is 0 Å². The monoisotopic (exact) mass is 272 g/mol. The number of carbonyl (C=O) groups is 1. The van der Waals surface area contributed by atoms with Crippen LogP contribution < -0.4 is 10.6 Å². The molecule has 20 heavy (non-hydrogen) atoms. The number of nitrogens with one attached hydrogen (secondary N) is 2. The van der Waals surface area contributed by atoms with Crippen molar-refractivity contribution in [3.05, 3.63) is 53.5 Å². The summed E-state index contributed by atoms with van der Waals surface area (Å²) in [6, 6.07) is 11.3. The van der Waals surface area contributed by atoms with Gasteiger partial charge < -0.3 is 9.73 Å². The van der Waals surface area contributed by atoms with Gasteiger partial charge in [-0.1, -0.05) is 17.7 Å². The molecule has 1 amide bonds. The zero-order chi connectivity index (χ0) is 14.5. The molecular weight excluding hydrogens is 252 g/mol. The molecule has 0 saturated heterocycles. The van der Waals surface area contributed by atoms with E-state index in [2.05, 4.69) is 10.6 Å².